The average molecular weight is 348 g/mol. The maximum absolute atomic E-state index is 11.9. The number of carbonyl (C=O) groups excluding carboxylic acids is 1. The quantitative estimate of drug-likeness (QED) is 0.292. The Labute approximate surface area is 154 Å². The lowest BCUT2D eigenvalue weighted by Gasteiger charge is -2.11. The molecule has 1 rings (SSSR count). The number of hydrogen-bond acceptors (Lipinski definition) is 3. The van der Waals surface area contributed by atoms with Gasteiger partial charge < -0.3 is 4.74 Å². The normalized spacial score (nSPS) is 12.3. The van der Waals surface area contributed by atoms with Crippen LogP contribution in [0.4, 0.5) is 0 Å². The van der Waals surface area contributed by atoms with Crippen molar-refractivity contribution >= 4 is 5.97 Å². The van der Waals surface area contributed by atoms with Gasteiger partial charge in [0.1, 0.15) is 6.61 Å². The molecule has 0 saturated carbocycles. The van der Waals surface area contributed by atoms with E-state index in [1.807, 2.05) is 12.1 Å². The van der Waals surface area contributed by atoms with Gasteiger partial charge in [-0.05, 0) is 17.9 Å². The van der Waals surface area contributed by atoms with Gasteiger partial charge in [-0.15, -0.1) is 0 Å². The molecule has 0 saturated heterocycles. The molecule has 1 atom stereocenters. The molecule has 0 aliphatic heterocycles. The van der Waals surface area contributed by atoms with E-state index in [1.165, 1.54) is 51.4 Å². The highest BCUT2D eigenvalue weighted by molar-refractivity contribution is 5.69. The third-order valence-electron chi connectivity index (χ3n) is 4.62. The lowest BCUT2D eigenvalue weighted by Crippen LogP contribution is -2.09. The molecule has 1 aromatic heterocycles. The minimum Gasteiger partial charge on any atom is -0.461 e. The van der Waals surface area contributed by atoms with Crippen LogP contribution in [0.3, 0.4) is 0 Å². The monoisotopic (exact) mass is 347 g/mol. The SMILES string of the molecule is CC(C)CCCCCCCCCC(C)CC(=O)OCc1cccnc1. The number of pyridine rings is 1. The zero-order valence-electron chi connectivity index (χ0n) is 16.5. The average Bonchev–Trinajstić information content (AvgIpc) is 2.59. The van der Waals surface area contributed by atoms with Gasteiger partial charge in [-0.25, -0.2) is 0 Å². The van der Waals surface area contributed by atoms with Gasteiger partial charge in [-0.1, -0.05) is 84.6 Å². The molecule has 0 spiro atoms. The Bertz CT molecular complexity index is 445. The number of ether oxygens (including phenoxy) is 1. The molecule has 1 heterocycles. The first-order valence-corrected chi connectivity index (χ1v) is 10.1. The van der Waals surface area contributed by atoms with Crippen molar-refractivity contribution in [2.24, 2.45) is 11.8 Å². The highest BCUT2D eigenvalue weighted by Gasteiger charge is 2.10. The molecule has 0 aliphatic carbocycles. The number of rotatable bonds is 14. The van der Waals surface area contributed by atoms with Gasteiger partial charge >= 0.3 is 5.97 Å². The Balaban J connectivity index is 1.94. The van der Waals surface area contributed by atoms with Crippen LogP contribution in [-0.2, 0) is 16.1 Å². The van der Waals surface area contributed by atoms with Crippen LogP contribution >= 0.6 is 0 Å². The summed E-state index contributed by atoms with van der Waals surface area (Å²) in [6.45, 7) is 7.08. The van der Waals surface area contributed by atoms with E-state index >= 15 is 0 Å². The summed E-state index contributed by atoms with van der Waals surface area (Å²) in [6, 6.07) is 3.78. The topological polar surface area (TPSA) is 39.2 Å². The summed E-state index contributed by atoms with van der Waals surface area (Å²) in [7, 11) is 0. The summed E-state index contributed by atoms with van der Waals surface area (Å²) in [5.74, 6) is 1.16. The Hall–Kier alpha value is -1.38. The largest absolute Gasteiger partial charge is 0.461 e. The molecule has 0 amide bonds. The van der Waals surface area contributed by atoms with Crippen molar-refractivity contribution < 1.29 is 9.53 Å². The van der Waals surface area contributed by atoms with Gasteiger partial charge in [0.2, 0.25) is 0 Å². The lowest BCUT2D eigenvalue weighted by molar-refractivity contribution is -0.146. The fourth-order valence-electron chi connectivity index (χ4n) is 3.02. The number of unbranched alkanes of at least 4 members (excludes halogenated alkanes) is 6. The second kappa shape index (κ2) is 13.9. The van der Waals surface area contributed by atoms with E-state index in [0.29, 0.717) is 18.9 Å². The van der Waals surface area contributed by atoms with Crippen molar-refractivity contribution in [1.29, 1.82) is 0 Å². The molecular formula is C22H37NO2. The summed E-state index contributed by atoms with van der Waals surface area (Å²) in [5.41, 5.74) is 0.942. The van der Waals surface area contributed by atoms with Crippen LogP contribution in [-0.4, -0.2) is 11.0 Å². The first-order chi connectivity index (χ1) is 12.1. The molecule has 3 nitrogen and oxygen atoms in total. The molecular weight excluding hydrogens is 310 g/mol. The van der Waals surface area contributed by atoms with E-state index < -0.39 is 0 Å². The molecule has 0 bridgehead atoms. The second-order valence-electron chi connectivity index (χ2n) is 7.78. The number of esters is 1. The molecule has 0 aromatic carbocycles. The Morgan fingerprint density at radius 1 is 1.00 bits per heavy atom. The van der Waals surface area contributed by atoms with Crippen LogP contribution < -0.4 is 0 Å². The van der Waals surface area contributed by atoms with Gasteiger partial charge in [0.25, 0.3) is 0 Å². The summed E-state index contributed by atoms with van der Waals surface area (Å²) >= 11 is 0. The maximum atomic E-state index is 11.9. The predicted molar refractivity (Wildman–Crippen MR) is 104 cm³/mol. The second-order valence-corrected chi connectivity index (χ2v) is 7.78. The Morgan fingerprint density at radius 3 is 2.24 bits per heavy atom. The Morgan fingerprint density at radius 2 is 1.64 bits per heavy atom. The maximum Gasteiger partial charge on any atom is 0.306 e. The van der Waals surface area contributed by atoms with Crippen LogP contribution in [0.15, 0.2) is 24.5 Å². The first-order valence-electron chi connectivity index (χ1n) is 10.1. The van der Waals surface area contributed by atoms with Crippen molar-refractivity contribution in [2.75, 3.05) is 0 Å². The standard InChI is InChI=1S/C22H37NO2/c1-19(2)12-9-7-5-4-6-8-10-13-20(3)16-22(24)25-18-21-14-11-15-23-17-21/h11,14-15,17,19-20H,4-10,12-13,16,18H2,1-3H3. The lowest BCUT2D eigenvalue weighted by atomic mass is 9.98. The van der Waals surface area contributed by atoms with Gasteiger partial charge in [0.15, 0.2) is 0 Å². The number of hydrogen-bond donors (Lipinski definition) is 0. The zero-order chi connectivity index (χ0) is 18.3. The fourth-order valence-corrected chi connectivity index (χ4v) is 3.02. The highest BCUT2D eigenvalue weighted by atomic mass is 16.5. The van der Waals surface area contributed by atoms with Crippen molar-refractivity contribution in [1.82, 2.24) is 4.98 Å². The van der Waals surface area contributed by atoms with E-state index in [0.717, 1.165) is 17.9 Å². The molecule has 0 fully saturated rings. The molecule has 1 aromatic rings. The van der Waals surface area contributed by atoms with E-state index in [4.69, 9.17) is 4.74 Å². The number of nitrogens with zero attached hydrogens (tertiary/aromatic N) is 1. The van der Waals surface area contributed by atoms with Gasteiger partial charge in [0.05, 0.1) is 0 Å². The molecule has 0 N–H and O–H groups in total. The minimum atomic E-state index is -0.0958. The van der Waals surface area contributed by atoms with Crippen molar-refractivity contribution in [2.45, 2.75) is 91.6 Å². The number of aromatic nitrogens is 1. The molecule has 25 heavy (non-hydrogen) atoms. The van der Waals surface area contributed by atoms with Crippen molar-refractivity contribution in [3.05, 3.63) is 30.1 Å². The molecule has 142 valence electrons. The number of carbonyl (C=O) groups is 1. The molecule has 1 unspecified atom stereocenters. The van der Waals surface area contributed by atoms with Crippen LogP contribution in [0.5, 0.6) is 0 Å². The molecule has 3 heteroatoms. The minimum absolute atomic E-state index is 0.0958. The van der Waals surface area contributed by atoms with E-state index in [9.17, 15) is 4.79 Å². The summed E-state index contributed by atoms with van der Waals surface area (Å²) in [6.07, 6.45) is 15.8. The fraction of sp³-hybridized carbons (Fsp3) is 0.727. The van der Waals surface area contributed by atoms with Gasteiger partial charge in [0, 0.05) is 24.4 Å². The van der Waals surface area contributed by atoms with E-state index in [1.54, 1.807) is 12.4 Å². The highest BCUT2D eigenvalue weighted by Crippen LogP contribution is 2.16. The zero-order valence-corrected chi connectivity index (χ0v) is 16.5. The first kappa shape index (κ1) is 21.7. The van der Waals surface area contributed by atoms with Crippen LogP contribution in [0.1, 0.15) is 90.5 Å². The van der Waals surface area contributed by atoms with Crippen LogP contribution in [0.2, 0.25) is 0 Å². The van der Waals surface area contributed by atoms with Crippen LogP contribution in [0.25, 0.3) is 0 Å². The van der Waals surface area contributed by atoms with E-state index in [2.05, 4.69) is 25.8 Å². The summed E-state index contributed by atoms with van der Waals surface area (Å²) < 4.78 is 5.32. The molecule has 0 radical (unpaired) electrons. The third-order valence-corrected chi connectivity index (χ3v) is 4.62. The van der Waals surface area contributed by atoms with Gasteiger partial charge in [-0.3, -0.25) is 9.78 Å². The Kier molecular flexibility index (Phi) is 12.0. The third kappa shape index (κ3) is 12.6. The predicted octanol–water partition coefficient (Wildman–Crippen LogP) is 6.32. The van der Waals surface area contributed by atoms with Crippen molar-refractivity contribution in [3.8, 4) is 0 Å². The van der Waals surface area contributed by atoms with Crippen molar-refractivity contribution in [3.63, 3.8) is 0 Å². The van der Waals surface area contributed by atoms with Crippen LogP contribution in [0, 0.1) is 11.8 Å². The van der Waals surface area contributed by atoms with Gasteiger partial charge in [-0.2, -0.15) is 0 Å². The van der Waals surface area contributed by atoms with E-state index in [-0.39, 0.29) is 5.97 Å². The summed E-state index contributed by atoms with van der Waals surface area (Å²) in [5, 5.41) is 0. The summed E-state index contributed by atoms with van der Waals surface area (Å²) in [4.78, 5) is 15.9. The smallest absolute Gasteiger partial charge is 0.306 e. The molecule has 0 aliphatic rings.